The summed E-state index contributed by atoms with van der Waals surface area (Å²) in [5.41, 5.74) is 0. The summed E-state index contributed by atoms with van der Waals surface area (Å²) in [6.07, 6.45) is 3.43. The molecule has 10 heavy (non-hydrogen) atoms. The molecule has 0 amide bonds. The first kappa shape index (κ1) is 6.88. The molecule has 0 aromatic carbocycles. The molecule has 2 bridgehead atoms. The Kier molecular flexibility index (Phi) is 1.62. The first-order valence-corrected chi connectivity index (χ1v) is 4.86. The largest absolute Gasteiger partial charge is 0.461 e. The van der Waals surface area contributed by atoms with Crippen LogP contribution >= 0.6 is 22.6 Å². The van der Waals surface area contributed by atoms with E-state index in [1.165, 1.54) is 0 Å². The molecule has 2 saturated heterocycles. The molecule has 1 aliphatic carbocycles. The van der Waals surface area contributed by atoms with Crippen LogP contribution in [0.4, 0.5) is 0 Å². The lowest BCUT2D eigenvalue weighted by Gasteiger charge is -2.38. The molecule has 3 rings (SSSR count). The average Bonchev–Trinajstić information content (AvgIpc) is 1.91. The Labute approximate surface area is 73.5 Å². The van der Waals surface area contributed by atoms with Gasteiger partial charge < -0.3 is 4.74 Å². The molecule has 0 radical (unpaired) electrons. The van der Waals surface area contributed by atoms with E-state index in [0.717, 1.165) is 19.3 Å². The number of esters is 1. The van der Waals surface area contributed by atoms with Crippen molar-refractivity contribution in [2.45, 2.75) is 29.3 Å². The molecule has 3 atom stereocenters. The monoisotopic (exact) mass is 252 g/mol. The number of halogens is 1. The van der Waals surface area contributed by atoms with Gasteiger partial charge in [-0.3, -0.25) is 4.79 Å². The first-order chi connectivity index (χ1) is 4.77. The van der Waals surface area contributed by atoms with Gasteiger partial charge in [0.1, 0.15) is 6.10 Å². The van der Waals surface area contributed by atoms with Gasteiger partial charge in [-0.25, -0.2) is 0 Å². The van der Waals surface area contributed by atoms with E-state index in [4.69, 9.17) is 4.74 Å². The van der Waals surface area contributed by atoms with Gasteiger partial charge in [-0.15, -0.1) is 0 Å². The Morgan fingerprint density at radius 3 is 2.60 bits per heavy atom. The van der Waals surface area contributed by atoms with Gasteiger partial charge in [0.25, 0.3) is 0 Å². The number of carbonyl (C=O) groups excluding carboxylic acids is 1. The highest BCUT2D eigenvalue weighted by atomic mass is 127. The predicted molar refractivity (Wildman–Crippen MR) is 45.0 cm³/mol. The average molecular weight is 252 g/mol. The Bertz CT molecular complexity index is 169. The van der Waals surface area contributed by atoms with E-state index in [1.807, 2.05) is 0 Å². The highest BCUT2D eigenvalue weighted by molar-refractivity contribution is 14.1. The van der Waals surface area contributed by atoms with Crippen LogP contribution in [0.2, 0.25) is 0 Å². The summed E-state index contributed by atoms with van der Waals surface area (Å²) < 4.78 is 5.73. The quantitative estimate of drug-likeness (QED) is 0.371. The minimum atomic E-state index is 0.0455. The Balaban J connectivity index is 2.16. The maximum Gasteiger partial charge on any atom is 0.309 e. The number of alkyl halides is 1. The molecule has 3 unspecified atom stereocenters. The molecule has 3 heteroatoms. The van der Waals surface area contributed by atoms with Crippen LogP contribution in [-0.2, 0) is 9.53 Å². The van der Waals surface area contributed by atoms with Gasteiger partial charge >= 0.3 is 5.97 Å². The van der Waals surface area contributed by atoms with E-state index in [-0.39, 0.29) is 18.0 Å². The highest BCUT2D eigenvalue weighted by Gasteiger charge is 2.41. The van der Waals surface area contributed by atoms with Crippen molar-refractivity contribution >= 4 is 28.6 Å². The van der Waals surface area contributed by atoms with Crippen LogP contribution in [0.15, 0.2) is 0 Å². The minimum absolute atomic E-state index is 0.0455. The summed E-state index contributed by atoms with van der Waals surface area (Å²) in [5, 5.41) is 0. The summed E-state index contributed by atoms with van der Waals surface area (Å²) in [7, 11) is 0. The molecule has 3 aliphatic rings. The third-order valence-electron chi connectivity index (χ3n) is 2.31. The normalized spacial score (nSPS) is 45.3. The lowest BCUT2D eigenvalue weighted by atomic mass is 9.84. The lowest BCUT2D eigenvalue weighted by Crippen LogP contribution is -2.44. The summed E-state index contributed by atoms with van der Waals surface area (Å²) in [6.45, 7) is 0. The van der Waals surface area contributed by atoms with E-state index >= 15 is 0 Å². The van der Waals surface area contributed by atoms with Crippen LogP contribution in [0.3, 0.4) is 0 Å². The second-order valence-electron chi connectivity index (χ2n) is 3.00. The number of carbonyl (C=O) groups is 1. The first-order valence-electron chi connectivity index (χ1n) is 3.62. The second kappa shape index (κ2) is 2.36. The molecular weight excluding hydrogens is 243 g/mol. The zero-order valence-corrected chi connectivity index (χ0v) is 7.71. The van der Waals surface area contributed by atoms with Gasteiger partial charge in [0.05, 0.1) is 5.92 Å². The van der Waals surface area contributed by atoms with E-state index < -0.39 is 0 Å². The SMILES string of the molecule is O=C1OC2CCC1CC2I. The molecule has 0 aromatic heterocycles. The molecule has 0 aromatic rings. The molecule has 2 heterocycles. The van der Waals surface area contributed by atoms with Crippen LogP contribution in [0, 0.1) is 5.92 Å². The van der Waals surface area contributed by atoms with Gasteiger partial charge in [-0.05, 0) is 19.3 Å². The zero-order valence-electron chi connectivity index (χ0n) is 5.55. The molecule has 2 aliphatic heterocycles. The predicted octanol–water partition coefficient (Wildman–Crippen LogP) is 1.52. The van der Waals surface area contributed by atoms with Crippen molar-refractivity contribution in [1.29, 1.82) is 0 Å². The maximum absolute atomic E-state index is 11.0. The van der Waals surface area contributed by atoms with Gasteiger partial charge in [-0.1, -0.05) is 22.6 Å². The summed E-state index contributed by atoms with van der Waals surface area (Å²) in [5.74, 6) is 0.274. The van der Waals surface area contributed by atoms with Crippen molar-refractivity contribution in [2.75, 3.05) is 0 Å². The van der Waals surface area contributed by atoms with Crippen LogP contribution < -0.4 is 0 Å². The van der Waals surface area contributed by atoms with E-state index in [9.17, 15) is 4.79 Å². The third kappa shape index (κ3) is 0.946. The maximum atomic E-state index is 11.0. The molecule has 1 saturated carbocycles. The summed E-state index contributed by atoms with van der Waals surface area (Å²) in [6, 6.07) is 0. The van der Waals surface area contributed by atoms with E-state index in [0.29, 0.717) is 3.92 Å². The van der Waals surface area contributed by atoms with Crippen molar-refractivity contribution < 1.29 is 9.53 Å². The number of hydrogen-bond donors (Lipinski definition) is 0. The van der Waals surface area contributed by atoms with Crippen molar-refractivity contribution in [2.24, 2.45) is 5.92 Å². The second-order valence-corrected chi connectivity index (χ2v) is 4.60. The van der Waals surface area contributed by atoms with Gasteiger partial charge in [0, 0.05) is 3.92 Å². The van der Waals surface area contributed by atoms with Crippen molar-refractivity contribution in [1.82, 2.24) is 0 Å². The lowest BCUT2D eigenvalue weighted by molar-refractivity contribution is -0.166. The number of rotatable bonds is 0. The van der Waals surface area contributed by atoms with Crippen LogP contribution in [0.5, 0.6) is 0 Å². The number of hydrogen-bond acceptors (Lipinski definition) is 2. The van der Waals surface area contributed by atoms with Gasteiger partial charge in [0.2, 0.25) is 0 Å². The van der Waals surface area contributed by atoms with Crippen LogP contribution in [0.1, 0.15) is 19.3 Å². The smallest absolute Gasteiger partial charge is 0.309 e. The molecule has 0 N–H and O–H groups in total. The van der Waals surface area contributed by atoms with E-state index in [2.05, 4.69) is 22.6 Å². The molecule has 3 fully saturated rings. The van der Waals surface area contributed by atoms with Crippen molar-refractivity contribution in [3.05, 3.63) is 0 Å². The molecule has 0 spiro atoms. The topological polar surface area (TPSA) is 26.3 Å². The fourth-order valence-corrected chi connectivity index (χ4v) is 2.80. The molecule has 56 valence electrons. The fraction of sp³-hybridized carbons (Fsp3) is 0.857. The Morgan fingerprint density at radius 1 is 1.50 bits per heavy atom. The van der Waals surface area contributed by atoms with Crippen LogP contribution in [-0.4, -0.2) is 16.0 Å². The third-order valence-corrected chi connectivity index (χ3v) is 3.62. The molecule has 2 nitrogen and oxygen atoms in total. The van der Waals surface area contributed by atoms with Crippen molar-refractivity contribution in [3.63, 3.8) is 0 Å². The standard InChI is InChI=1S/C7H9IO2/c8-5-3-4-1-2-6(5)10-7(4)9/h4-6H,1-3H2. The zero-order chi connectivity index (χ0) is 7.14. The molecular formula is C7H9IO2. The number of ether oxygens (including phenoxy) is 1. The Hall–Kier alpha value is 0.200. The summed E-state index contributed by atoms with van der Waals surface area (Å²) in [4.78, 5) is 11.0. The van der Waals surface area contributed by atoms with Gasteiger partial charge in [0.15, 0.2) is 0 Å². The minimum Gasteiger partial charge on any atom is -0.461 e. The van der Waals surface area contributed by atoms with Gasteiger partial charge in [-0.2, -0.15) is 0 Å². The fourth-order valence-electron chi connectivity index (χ4n) is 1.68. The van der Waals surface area contributed by atoms with E-state index in [1.54, 1.807) is 0 Å². The van der Waals surface area contributed by atoms with Crippen molar-refractivity contribution in [3.8, 4) is 0 Å². The Morgan fingerprint density at radius 2 is 2.30 bits per heavy atom. The van der Waals surface area contributed by atoms with Crippen LogP contribution in [0.25, 0.3) is 0 Å². The number of fused-ring (bicyclic) bond motifs is 3. The highest BCUT2D eigenvalue weighted by Crippen LogP contribution is 2.37. The summed E-state index contributed by atoms with van der Waals surface area (Å²) >= 11 is 2.38.